The molecular weight excluding hydrogens is 1070 g/mol. The van der Waals surface area contributed by atoms with Gasteiger partial charge in [-0.1, -0.05) is 153 Å². The van der Waals surface area contributed by atoms with Crippen LogP contribution in [0.1, 0.15) is 93.0 Å². The van der Waals surface area contributed by atoms with Crippen molar-refractivity contribution in [2.24, 2.45) is 16.7 Å². The fourth-order valence-electron chi connectivity index (χ4n) is 12.3. The summed E-state index contributed by atoms with van der Waals surface area (Å²) in [6.07, 6.45) is -12.9. The van der Waals surface area contributed by atoms with Gasteiger partial charge in [-0.25, -0.2) is 19.2 Å². The highest BCUT2D eigenvalue weighted by molar-refractivity contribution is 5.96. The topological polar surface area (TPSA) is 244 Å². The zero-order valence-corrected chi connectivity index (χ0v) is 46.9. The summed E-state index contributed by atoms with van der Waals surface area (Å²) < 4.78 is 61.4. The number of rotatable bonds is 19. The van der Waals surface area contributed by atoms with Gasteiger partial charge in [0.2, 0.25) is 0 Å². The minimum atomic E-state index is -2.52. The number of alkyl carbamates (subject to hydrolysis) is 1. The van der Waals surface area contributed by atoms with E-state index >= 15 is 9.59 Å². The summed E-state index contributed by atoms with van der Waals surface area (Å²) in [5, 5.41) is 17.1. The number of Topliss-reactive ketones (excluding diaryl/α,β-unsaturated/α-hetero) is 1. The molecule has 0 aromatic heterocycles. The minimum absolute atomic E-state index is 0.0276. The van der Waals surface area contributed by atoms with Gasteiger partial charge in [0, 0.05) is 32.1 Å². The summed E-state index contributed by atoms with van der Waals surface area (Å²) in [6.45, 7) is 7.15. The van der Waals surface area contributed by atoms with E-state index in [-0.39, 0.29) is 43.0 Å². The fraction of sp³-hybridized carbons (Fsp3) is 0.391. The molecule has 3 aliphatic carbocycles. The maximum atomic E-state index is 16.4. The second kappa shape index (κ2) is 25.1. The Bertz CT molecular complexity index is 3180. The van der Waals surface area contributed by atoms with Gasteiger partial charge in [0.15, 0.2) is 23.6 Å². The molecule has 3 unspecified atom stereocenters. The number of hydrogen-bond donors (Lipinski definition) is 2. The third kappa shape index (κ3) is 12.3. The van der Waals surface area contributed by atoms with Crippen LogP contribution in [-0.4, -0.2) is 108 Å². The third-order valence-corrected chi connectivity index (χ3v) is 16.5. The monoisotopic (exact) mass is 1140 g/mol. The number of carbonyl (C=O) groups excluding carboxylic acids is 7. The number of aliphatic hydroxyl groups is 1. The molecule has 1 saturated heterocycles. The number of carbonyl (C=O) groups is 7. The van der Waals surface area contributed by atoms with Crippen LogP contribution in [-0.2, 0) is 86.4 Å². The molecule has 1 heterocycles. The molecule has 9 rings (SSSR count). The van der Waals surface area contributed by atoms with Crippen molar-refractivity contribution in [3.8, 4) is 0 Å². The fourth-order valence-corrected chi connectivity index (χ4v) is 12.3. The van der Waals surface area contributed by atoms with Crippen molar-refractivity contribution in [3.63, 3.8) is 0 Å². The van der Waals surface area contributed by atoms with Gasteiger partial charge in [0.1, 0.15) is 50.0 Å². The molecule has 1 aliphatic heterocycles. The highest BCUT2D eigenvalue weighted by Crippen LogP contribution is 2.65. The lowest BCUT2D eigenvalue weighted by Crippen LogP contribution is -2.82. The second-order valence-corrected chi connectivity index (χ2v) is 21.9. The maximum Gasteiger partial charge on any atom is 0.508 e. The molecule has 5 aromatic rings. The first-order chi connectivity index (χ1) is 39.8. The van der Waals surface area contributed by atoms with Crippen molar-refractivity contribution in [2.45, 2.75) is 128 Å². The Kier molecular flexibility index (Phi) is 18.0. The van der Waals surface area contributed by atoms with Crippen LogP contribution >= 0.6 is 0 Å². The smallest absolute Gasteiger partial charge is 0.456 e. The van der Waals surface area contributed by atoms with Crippen molar-refractivity contribution < 1.29 is 86.0 Å². The lowest BCUT2D eigenvalue weighted by atomic mass is 9.44. The first kappa shape index (κ1) is 59.4. The van der Waals surface area contributed by atoms with Gasteiger partial charge in [-0.15, -0.1) is 0 Å². The molecule has 19 nitrogen and oxygen atoms in total. The molecule has 4 aliphatic rings. The number of nitrogens with one attached hydrogen (secondary N) is 1. The summed E-state index contributed by atoms with van der Waals surface area (Å²) in [5.41, 5.74) is -5.79. The van der Waals surface area contributed by atoms with Crippen LogP contribution in [0.25, 0.3) is 0 Å². The molecule has 11 atom stereocenters. The van der Waals surface area contributed by atoms with Crippen LogP contribution in [0, 0.1) is 16.7 Å². The Morgan fingerprint density at radius 3 is 1.80 bits per heavy atom. The Balaban J connectivity index is 1.17. The number of amides is 1. The molecule has 3 fully saturated rings. The highest BCUT2D eigenvalue weighted by atomic mass is 16.7. The van der Waals surface area contributed by atoms with E-state index in [9.17, 15) is 29.1 Å². The van der Waals surface area contributed by atoms with Crippen LogP contribution < -0.4 is 5.32 Å². The largest absolute Gasteiger partial charge is 0.508 e. The Labute approximate surface area is 480 Å². The standard InChI is InChI=1S/C64H67NO18/c1-39-47(80-58(70)53(78-38-74-34-42-22-12-7-13-23-42)51(45-28-18-10-19-29-45)65-59(71)75-35-43-24-14-8-15-25-43)33-64(73)56(82-57(69)46-30-20-11-21-31-46)54-62(6,55(68)52(79-40(2)66)50(39)61(64,4)5)48(32-49-63(54,37-77-49)83-41(3)67)81-60(72)76-36-44-26-16-9-17-27-44/h7-31,47-49,51-54,56,73H,32-38H2,1-6H3,(H,65,71)/t47-,48-,49+,51-,52?,53+,54?,56-,62+,63-,64?/m0/s1. The van der Waals surface area contributed by atoms with Crippen molar-refractivity contribution in [2.75, 3.05) is 13.4 Å². The van der Waals surface area contributed by atoms with E-state index in [0.29, 0.717) is 16.7 Å². The lowest BCUT2D eigenvalue weighted by molar-refractivity contribution is -0.346. The van der Waals surface area contributed by atoms with E-state index in [1.807, 2.05) is 36.4 Å². The maximum absolute atomic E-state index is 16.4. The van der Waals surface area contributed by atoms with E-state index in [0.717, 1.165) is 19.4 Å². The quantitative estimate of drug-likeness (QED) is 0.0258. The van der Waals surface area contributed by atoms with E-state index in [1.165, 1.54) is 19.1 Å². The first-order valence-electron chi connectivity index (χ1n) is 27.3. The number of benzene rings is 5. The average Bonchev–Trinajstić information content (AvgIpc) is 0.736. The van der Waals surface area contributed by atoms with Crippen molar-refractivity contribution in [1.82, 2.24) is 5.32 Å². The molecule has 5 aromatic carbocycles. The van der Waals surface area contributed by atoms with Gasteiger partial charge >= 0.3 is 36.1 Å². The molecule has 83 heavy (non-hydrogen) atoms. The molecular formula is C64H67NO18. The van der Waals surface area contributed by atoms with E-state index in [1.54, 1.807) is 124 Å². The van der Waals surface area contributed by atoms with Crippen LogP contribution in [0.15, 0.2) is 163 Å². The van der Waals surface area contributed by atoms with Gasteiger partial charge in [0.05, 0.1) is 36.2 Å². The van der Waals surface area contributed by atoms with Crippen LogP contribution in [0.4, 0.5) is 9.59 Å². The van der Waals surface area contributed by atoms with E-state index < -0.39 is 132 Å². The average molecular weight is 1140 g/mol. The van der Waals surface area contributed by atoms with Crippen molar-refractivity contribution in [3.05, 3.63) is 191 Å². The Morgan fingerprint density at radius 2 is 1.24 bits per heavy atom. The summed E-state index contributed by atoms with van der Waals surface area (Å²) in [7, 11) is 0. The predicted octanol–water partition coefficient (Wildman–Crippen LogP) is 8.79. The normalized spacial score (nSPS) is 26.5. The zero-order valence-electron chi connectivity index (χ0n) is 46.9. The van der Waals surface area contributed by atoms with Crippen LogP contribution in [0.3, 0.4) is 0 Å². The van der Waals surface area contributed by atoms with Crippen molar-refractivity contribution >= 4 is 41.9 Å². The minimum Gasteiger partial charge on any atom is -0.456 e. The molecule has 1 amide bonds. The van der Waals surface area contributed by atoms with Gasteiger partial charge < -0.3 is 57.8 Å². The lowest BCUT2D eigenvalue weighted by Gasteiger charge is -2.67. The van der Waals surface area contributed by atoms with Crippen LogP contribution in [0.2, 0.25) is 0 Å². The number of fused-ring (bicyclic) bond motifs is 5. The first-order valence-corrected chi connectivity index (χ1v) is 27.3. The molecule has 0 spiro atoms. The van der Waals surface area contributed by atoms with E-state index in [4.69, 9.17) is 47.4 Å². The molecule has 436 valence electrons. The van der Waals surface area contributed by atoms with E-state index in [2.05, 4.69) is 5.32 Å². The SMILES string of the molecule is CC(=O)OC1C(=O)[C@@]2(C)C([C@H](OC(=O)c3ccccc3)C3(O)C[C@H](OC(=O)[C@H](OCOCc4ccccc4)[C@@H](NC(=O)OCc4ccccc4)c4ccccc4)C(C)=C1C3(C)C)[C@]1(OC(C)=O)CO[C@@H]1C[C@@H]2OC(=O)OCc1ccccc1. The van der Waals surface area contributed by atoms with Gasteiger partial charge in [-0.3, -0.25) is 14.4 Å². The molecule has 2 saturated carbocycles. The zero-order chi connectivity index (χ0) is 59.1. The van der Waals surface area contributed by atoms with Crippen LogP contribution in [0.5, 0.6) is 0 Å². The summed E-state index contributed by atoms with van der Waals surface area (Å²) in [4.78, 5) is 102. The number of ether oxygens (including phenoxy) is 10. The summed E-state index contributed by atoms with van der Waals surface area (Å²) in [6, 6.07) is 41.8. The molecule has 2 bridgehead atoms. The predicted molar refractivity (Wildman–Crippen MR) is 294 cm³/mol. The van der Waals surface area contributed by atoms with Gasteiger partial charge in [0.25, 0.3) is 0 Å². The van der Waals surface area contributed by atoms with Crippen molar-refractivity contribution in [1.29, 1.82) is 0 Å². The Morgan fingerprint density at radius 1 is 0.687 bits per heavy atom. The molecule has 0 radical (unpaired) electrons. The molecule has 2 N–H and O–H groups in total. The van der Waals surface area contributed by atoms with Gasteiger partial charge in [-0.2, -0.15) is 0 Å². The number of esters is 4. The second-order valence-electron chi connectivity index (χ2n) is 21.9. The number of ketones is 1. The molecule has 19 heteroatoms. The number of hydrogen-bond acceptors (Lipinski definition) is 18. The summed E-state index contributed by atoms with van der Waals surface area (Å²) in [5.74, 6) is -6.45. The van der Waals surface area contributed by atoms with Gasteiger partial charge in [-0.05, 0) is 59.4 Å². The Hall–Kier alpha value is -8.23. The highest BCUT2D eigenvalue weighted by Gasteiger charge is 2.79. The summed E-state index contributed by atoms with van der Waals surface area (Å²) >= 11 is 0. The third-order valence-electron chi connectivity index (χ3n) is 16.5.